The molecule has 0 aromatic heterocycles. The molecule has 0 saturated carbocycles. The molecule has 4 nitrogen and oxygen atoms in total. The van der Waals surface area contributed by atoms with Crippen molar-refractivity contribution in [3.63, 3.8) is 0 Å². The lowest BCUT2D eigenvalue weighted by atomic mass is 10.3. The Kier molecular flexibility index (Phi) is 5.01. The third kappa shape index (κ3) is 4.28. The Morgan fingerprint density at radius 2 is 1.90 bits per heavy atom. The zero-order chi connectivity index (χ0) is 14.4. The molecule has 5 heteroatoms. The molecule has 0 fully saturated rings. The van der Waals surface area contributed by atoms with Crippen LogP contribution in [0.1, 0.15) is 0 Å². The van der Waals surface area contributed by atoms with E-state index in [1.165, 1.54) is 0 Å². The van der Waals surface area contributed by atoms with Crippen molar-refractivity contribution in [2.75, 3.05) is 19.0 Å². The zero-order valence-electron chi connectivity index (χ0n) is 10.9. The van der Waals surface area contributed by atoms with Crippen molar-refractivity contribution in [2.45, 2.75) is 0 Å². The van der Waals surface area contributed by atoms with Gasteiger partial charge in [-0.1, -0.05) is 22.0 Å². The Bertz CT molecular complexity index is 584. The van der Waals surface area contributed by atoms with Crippen LogP contribution < -0.4 is 14.8 Å². The summed E-state index contributed by atoms with van der Waals surface area (Å²) in [5, 5.41) is 2.75. The average Bonchev–Trinajstić information content (AvgIpc) is 2.46. The second-order valence-corrected chi connectivity index (χ2v) is 4.94. The molecule has 0 aliphatic heterocycles. The highest BCUT2D eigenvalue weighted by atomic mass is 79.9. The van der Waals surface area contributed by atoms with Crippen molar-refractivity contribution in [1.82, 2.24) is 0 Å². The van der Waals surface area contributed by atoms with Crippen LogP contribution in [0.25, 0.3) is 0 Å². The van der Waals surface area contributed by atoms with Gasteiger partial charge in [0.05, 0.1) is 7.11 Å². The van der Waals surface area contributed by atoms with Crippen molar-refractivity contribution in [3.8, 4) is 11.5 Å². The van der Waals surface area contributed by atoms with Gasteiger partial charge in [0, 0.05) is 10.2 Å². The zero-order valence-corrected chi connectivity index (χ0v) is 12.5. The third-order valence-electron chi connectivity index (χ3n) is 2.54. The van der Waals surface area contributed by atoms with E-state index in [1.54, 1.807) is 43.5 Å². The van der Waals surface area contributed by atoms with E-state index in [9.17, 15) is 4.79 Å². The number of hydrogen-bond donors (Lipinski definition) is 1. The van der Waals surface area contributed by atoms with Crippen molar-refractivity contribution in [3.05, 3.63) is 53.0 Å². The molecule has 0 atom stereocenters. The number of carbonyl (C=O) groups excluding carboxylic acids is 1. The van der Waals surface area contributed by atoms with Gasteiger partial charge in [-0.05, 0) is 42.5 Å². The van der Waals surface area contributed by atoms with Gasteiger partial charge in [-0.3, -0.25) is 4.79 Å². The van der Waals surface area contributed by atoms with Crippen LogP contribution in [0.3, 0.4) is 0 Å². The molecule has 2 aromatic rings. The maximum atomic E-state index is 11.7. The van der Waals surface area contributed by atoms with E-state index >= 15 is 0 Å². The molecule has 0 aliphatic carbocycles. The highest BCUT2D eigenvalue weighted by Gasteiger charge is 2.04. The van der Waals surface area contributed by atoms with Crippen molar-refractivity contribution in [2.24, 2.45) is 0 Å². The summed E-state index contributed by atoms with van der Waals surface area (Å²) in [6, 6.07) is 14.5. The van der Waals surface area contributed by atoms with Crippen LogP contribution in [-0.4, -0.2) is 19.6 Å². The predicted octanol–water partition coefficient (Wildman–Crippen LogP) is 3.48. The first-order chi connectivity index (χ1) is 9.67. The average molecular weight is 336 g/mol. The predicted molar refractivity (Wildman–Crippen MR) is 81.3 cm³/mol. The van der Waals surface area contributed by atoms with E-state index in [0.29, 0.717) is 11.4 Å². The normalized spacial score (nSPS) is 9.90. The van der Waals surface area contributed by atoms with Gasteiger partial charge in [-0.2, -0.15) is 0 Å². The number of ether oxygens (including phenoxy) is 2. The van der Waals surface area contributed by atoms with E-state index in [2.05, 4.69) is 21.2 Å². The van der Waals surface area contributed by atoms with Gasteiger partial charge in [-0.25, -0.2) is 0 Å². The van der Waals surface area contributed by atoms with Gasteiger partial charge in [-0.15, -0.1) is 0 Å². The molecule has 0 spiro atoms. The molecule has 0 bridgehead atoms. The fourth-order valence-electron chi connectivity index (χ4n) is 1.58. The lowest BCUT2D eigenvalue weighted by molar-refractivity contribution is -0.118. The van der Waals surface area contributed by atoms with Gasteiger partial charge in [0.2, 0.25) is 0 Å². The van der Waals surface area contributed by atoms with Gasteiger partial charge in [0.25, 0.3) is 5.91 Å². The van der Waals surface area contributed by atoms with Crippen molar-refractivity contribution < 1.29 is 14.3 Å². The Balaban J connectivity index is 1.85. The first-order valence-electron chi connectivity index (χ1n) is 5.99. The van der Waals surface area contributed by atoms with E-state index in [1.807, 2.05) is 12.1 Å². The minimum absolute atomic E-state index is 0.0392. The summed E-state index contributed by atoms with van der Waals surface area (Å²) in [6.07, 6.45) is 0. The summed E-state index contributed by atoms with van der Waals surface area (Å²) in [4.78, 5) is 11.7. The first-order valence-corrected chi connectivity index (χ1v) is 6.79. The molecular weight excluding hydrogens is 322 g/mol. The smallest absolute Gasteiger partial charge is 0.262 e. The quantitative estimate of drug-likeness (QED) is 0.909. The molecule has 0 unspecified atom stereocenters. The van der Waals surface area contributed by atoms with Crippen LogP contribution in [0, 0.1) is 0 Å². The molecule has 0 saturated heterocycles. The highest BCUT2D eigenvalue weighted by Crippen LogP contribution is 2.18. The summed E-state index contributed by atoms with van der Waals surface area (Å²) in [6.45, 7) is -0.0392. The molecule has 2 rings (SSSR count). The second-order valence-electron chi connectivity index (χ2n) is 4.02. The van der Waals surface area contributed by atoms with Gasteiger partial charge < -0.3 is 14.8 Å². The van der Waals surface area contributed by atoms with Crippen molar-refractivity contribution >= 4 is 27.5 Å². The Morgan fingerprint density at radius 1 is 1.15 bits per heavy atom. The second kappa shape index (κ2) is 6.96. The standard InChI is InChI=1S/C15H14BrNO3/c1-19-13-7-5-12(6-8-13)17-15(18)10-20-14-4-2-3-11(16)9-14/h2-9H,10H2,1H3,(H,17,18). The number of benzene rings is 2. The molecular formula is C15H14BrNO3. The van der Waals surface area contributed by atoms with Crippen LogP contribution >= 0.6 is 15.9 Å². The summed E-state index contributed by atoms with van der Waals surface area (Å²) >= 11 is 3.34. The maximum absolute atomic E-state index is 11.7. The molecule has 1 amide bonds. The van der Waals surface area contributed by atoms with Gasteiger partial charge >= 0.3 is 0 Å². The minimum Gasteiger partial charge on any atom is -0.497 e. The third-order valence-corrected chi connectivity index (χ3v) is 3.03. The SMILES string of the molecule is COc1ccc(NC(=O)COc2cccc(Br)c2)cc1. The summed E-state index contributed by atoms with van der Waals surface area (Å²) < 4.78 is 11.4. The van der Waals surface area contributed by atoms with E-state index in [-0.39, 0.29) is 12.5 Å². The molecule has 20 heavy (non-hydrogen) atoms. The van der Waals surface area contributed by atoms with Crippen LogP contribution in [0.2, 0.25) is 0 Å². The Labute approximate surface area is 125 Å². The number of anilines is 1. The lowest BCUT2D eigenvalue weighted by Crippen LogP contribution is -2.20. The fourth-order valence-corrected chi connectivity index (χ4v) is 1.96. The van der Waals surface area contributed by atoms with E-state index in [4.69, 9.17) is 9.47 Å². The largest absolute Gasteiger partial charge is 0.497 e. The topological polar surface area (TPSA) is 47.6 Å². The number of amides is 1. The summed E-state index contributed by atoms with van der Waals surface area (Å²) in [7, 11) is 1.60. The molecule has 0 aliphatic rings. The monoisotopic (exact) mass is 335 g/mol. The minimum atomic E-state index is -0.213. The number of carbonyl (C=O) groups is 1. The lowest BCUT2D eigenvalue weighted by Gasteiger charge is -2.08. The van der Waals surface area contributed by atoms with Crippen molar-refractivity contribution in [1.29, 1.82) is 0 Å². The molecule has 104 valence electrons. The first kappa shape index (κ1) is 14.4. The van der Waals surface area contributed by atoms with Crippen LogP contribution in [0.4, 0.5) is 5.69 Å². The highest BCUT2D eigenvalue weighted by molar-refractivity contribution is 9.10. The molecule has 0 radical (unpaired) electrons. The van der Waals surface area contributed by atoms with Crippen LogP contribution in [0.5, 0.6) is 11.5 Å². The fraction of sp³-hybridized carbons (Fsp3) is 0.133. The maximum Gasteiger partial charge on any atom is 0.262 e. The van der Waals surface area contributed by atoms with E-state index in [0.717, 1.165) is 10.2 Å². The number of rotatable bonds is 5. The number of nitrogens with one attached hydrogen (secondary N) is 1. The molecule has 1 N–H and O–H groups in total. The molecule has 0 heterocycles. The van der Waals surface area contributed by atoms with Crippen LogP contribution in [0.15, 0.2) is 53.0 Å². The Morgan fingerprint density at radius 3 is 2.55 bits per heavy atom. The molecule has 2 aromatic carbocycles. The Hall–Kier alpha value is -2.01. The van der Waals surface area contributed by atoms with Gasteiger partial charge in [0.15, 0.2) is 6.61 Å². The number of hydrogen-bond acceptors (Lipinski definition) is 3. The van der Waals surface area contributed by atoms with Crippen LogP contribution in [-0.2, 0) is 4.79 Å². The number of methoxy groups -OCH3 is 1. The summed E-state index contributed by atoms with van der Waals surface area (Å²) in [5.41, 5.74) is 0.702. The van der Waals surface area contributed by atoms with E-state index < -0.39 is 0 Å². The summed E-state index contributed by atoms with van der Waals surface area (Å²) in [5.74, 6) is 1.17. The van der Waals surface area contributed by atoms with Gasteiger partial charge in [0.1, 0.15) is 11.5 Å². The number of halogens is 1.